The zero-order valence-corrected chi connectivity index (χ0v) is 11.3. The van der Waals surface area contributed by atoms with E-state index in [2.05, 4.69) is 20.3 Å². The molecule has 0 unspecified atom stereocenters. The summed E-state index contributed by atoms with van der Waals surface area (Å²) in [5.74, 6) is -0.260. The van der Waals surface area contributed by atoms with Gasteiger partial charge >= 0.3 is 0 Å². The number of carbonyl (C=O) groups is 1. The fourth-order valence-corrected chi connectivity index (χ4v) is 2.06. The fraction of sp³-hybridized carbons (Fsp3) is 0.133. The smallest absolute Gasteiger partial charge is 0.275 e. The zero-order chi connectivity index (χ0) is 14.1. The van der Waals surface area contributed by atoms with Gasteiger partial charge in [-0.2, -0.15) is 0 Å². The van der Waals surface area contributed by atoms with E-state index in [9.17, 15) is 4.79 Å². The second-order valence-corrected chi connectivity index (χ2v) is 4.75. The minimum Gasteiger partial charge on any atom is -0.359 e. The number of aromatic amines is 1. The van der Waals surface area contributed by atoms with E-state index in [4.69, 9.17) is 0 Å². The van der Waals surface area contributed by atoms with Gasteiger partial charge in [0.1, 0.15) is 5.69 Å². The van der Waals surface area contributed by atoms with Crippen molar-refractivity contribution in [1.29, 1.82) is 0 Å². The Morgan fingerprint density at radius 3 is 2.75 bits per heavy atom. The molecule has 0 saturated heterocycles. The van der Waals surface area contributed by atoms with E-state index in [1.165, 1.54) is 6.20 Å². The van der Waals surface area contributed by atoms with Crippen LogP contribution in [0.1, 0.15) is 21.9 Å². The number of nitrogens with one attached hydrogen (secondary N) is 2. The molecule has 0 saturated carbocycles. The molecule has 0 spiro atoms. The number of anilines is 1. The number of benzene rings is 1. The predicted octanol–water partition coefficient (Wildman–Crippen LogP) is 2.83. The van der Waals surface area contributed by atoms with Crippen LogP contribution in [0, 0.1) is 13.8 Å². The van der Waals surface area contributed by atoms with Gasteiger partial charge in [0, 0.05) is 28.5 Å². The molecule has 2 N–H and O–H groups in total. The third-order valence-electron chi connectivity index (χ3n) is 3.03. The third kappa shape index (κ3) is 2.38. The van der Waals surface area contributed by atoms with E-state index in [1.54, 1.807) is 6.20 Å². The molecular formula is C15H14N4O. The summed E-state index contributed by atoms with van der Waals surface area (Å²) in [6.07, 6.45) is 3.05. The Hall–Kier alpha value is -2.69. The number of carbonyl (C=O) groups excluding carboxylic acids is 1. The van der Waals surface area contributed by atoms with Crippen LogP contribution in [0.25, 0.3) is 10.9 Å². The molecule has 3 aromatic rings. The maximum Gasteiger partial charge on any atom is 0.275 e. The monoisotopic (exact) mass is 266 g/mol. The lowest BCUT2D eigenvalue weighted by Crippen LogP contribution is -2.14. The zero-order valence-electron chi connectivity index (χ0n) is 11.3. The highest BCUT2D eigenvalue weighted by atomic mass is 16.1. The lowest BCUT2D eigenvalue weighted by atomic mass is 10.2. The lowest BCUT2D eigenvalue weighted by Gasteiger charge is -2.04. The summed E-state index contributed by atoms with van der Waals surface area (Å²) >= 11 is 0. The number of amides is 1. The fourth-order valence-electron chi connectivity index (χ4n) is 2.06. The second kappa shape index (κ2) is 4.77. The number of fused-ring (bicyclic) bond motifs is 1. The van der Waals surface area contributed by atoms with Gasteiger partial charge in [-0.25, -0.2) is 4.98 Å². The van der Waals surface area contributed by atoms with Gasteiger partial charge in [-0.1, -0.05) is 0 Å². The first-order valence-corrected chi connectivity index (χ1v) is 6.31. The molecule has 2 aromatic heterocycles. The standard InChI is InChI=1S/C15H14N4O/c1-9-5-11-6-12(3-4-13(11)18-9)19-15(20)14-8-16-10(2)7-17-14/h3-8,18H,1-2H3,(H,19,20). The first-order valence-electron chi connectivity index (χ1n) is 6.31. The number of nitrogens with zero attached hydrogens (tertiary/aromatic N) is 2. The molecule has 0 fully saturated rings. The van der Waals surface area contributed by atoms with Crippen molar-refractivity contribution in [2.75, 3.05) is 5.32 Å². The van der Waals surface area contributed by atoms with E-state index in [1.807, 2.05) is 38.1 Å². The summed E-state index contributed by atoms with van der Waals surface area (Å²) in [4.78, 5) is 23.4. The van der Waals surface area contributed by atoms with Crippen molar-refractivity contribution in [2.24, 2.45) is 0 Å². The minimum absolute atomic E-state index is 0.260. The second-order valence-electron chi connectivity index (χ2n) is 4.75. The maximum atomic E-state index is 12.0. The normalized spacial score (nSPS) is 10.7. The SMILES string of the molecule is Cc1cnc(C(=O)Nc2ccc3[nH]c(C)cc3c2)cn1. The van der Waals surface area contributed by atoms with Gasteiger partial charge in [0.25, 0.3) is 5.91 Å². The van der Waals surface area contributed by atoms with Crippen molar-refractivity contribution in [3.8, 4) is 0 Å². The Labute approximate surface area is 116 Å². The molecule has 2 heterocycles. The largest absolute Gasteiger partial charge is 0.359 e. The van der Waals surface area contributed by atoms with Gasteiger partial charge in [-0.05, 0) is 38.1 Å². The van der Waals surface area contributed by atoms with Crippen LogP contribution in [0.4, 0.5) is 5.69 Å². The van der Waals surface area contributed by atoms with Gasteiger partial charge in [-0.3, -0.25) is 9.78 Å². The minimum atomic E-state index is -0.260. The summed E-state index contributed by atoms with van der Waals surface area (Å²) in [6, 6.07) is 7.77. The van der Waals surface area contributed by atoms with Crippen molar-refractivity contribution in [1.82, 2.24) is 15.0 Å². The molecule has 0 aliphatic rings. The molecule has 0 radical (unpaired) electrons. The van der Waals surface area contributed by atoms with Crippen molar-refractivity contribution in [2.45, 2.75) is 13.8 Å². The predicted molar refractivity (Wildman–Crippen MR) is 77.8 cm³/mol. The van der Waals surface area contributed by atoms with Crippen molar-refractivity contribution in [3.63, 3.8) is 0 Å². The number of rotatable bonds is 2. The molecule has 5 nitrogen and oxygen atoms in total. The first kappa shape index (κ1) is 12.3. The summed E-state index contributed by atoms with van der Waals surface area (Å²) in [5.41, 5.74) is 3.97. The van der Waals surface area contributed by atoms with E-state index in [-0.39, 0.29) is 5.91 Å². The molecule has 5 heteroatoms. The van der Waals surface area contributed by atoms with E-state index < -0.39 is 0 Å². The van der Waals surface area contributed by atoms with Crippen LogP contribution < -0.4 is 5.32 Å². The molecule has 0 aliphatic carbocycles. The third-order valence-corrected chi connectivity index (χ3v) is 3.03. The van der Waals surface area contributed by atoms with Gasteiger partial charge in [0.15, 0.2) is 0 Å². The number of hydrogen-bond donors (Lipinski definition) is 2. The average Bonchev–Trinajstić information content (AvgIpc) is 2.78. The highest BCUT2D eigenvalue weighted by molar-refractivity contribution is 6.03. The lowest BCUT2D eigenvalue weighted by molar-refractivity contribution is 0.102. The van der Waals surface area contributed by atoms with Crippen molar-refractivity contribution < 1.29 is 4.79 Å². The van der Waals surface area contributed by atoms with Crippen LogP contribution in [0.15, 0.2) is 36.7 Å². The number of H-pyrrole nitrogens is 1. The molecule has 0 atom stereocenters. The number of aryl methyl sites for hydroxylation is 2. The van der Waals surface area contributed by atoms with E-state index >= 15 is 0 Å². The summed E-state index contributed by atoms with van der Waals surface area (Å²) in [5, 5.41) is 3.89. The number of hydrogen-bond acceptors (Lipinski definition) is 3. The molecule has 1 amide bonds. The van der Waals surface area contributed by atoms with Crippen molar-refractivity contribution in [3.05, 3.63) is 53.7 Å². The van der Waals surface area contributed by atoms with E-state index in [0.717, 1.165) is 28.0 Å². The summed E-state index contributed by atoms with van der Waals surface area (Å²) in [6.45, 7) is 3.83. The summed E-state index contributed by atoms with van der Waals surface area (Å²) in [7, 11) is 0. The molecule has 3 rings (SSSR count). The van der Waals surface area contributed by atoms with Crippen LogP contribution in [-0.4, -0.2) is 20.9 Å². The van der Waals surface area contributed by atoms with Gasteiger partial charge in [0.05, 0.1) is 11.9 Å². The van der Waals surface area contributed by atoms with Crippen molar-refractivity contribution >= 4 is 22.5 Å². The number of aromatic nitrogens is 3. The van der Waals surface area contributed by atoms with Crippen LogP contribution >= 0.6 is 0 Å². The molecule has 0 aliphatic heterocycles. The van der Waals surface area contributed by atoms with Crippen LogP contribution in [0.5, 0.6) is 0 Å². The van der Waals surface area contributed by atoms with Gasteiger partial charge in [-0.15, -0.1) is 0 Å². The highest BCUT2D eigenvalue weighted by Gasteiger charge is 2.08. The molecular weight excluding hydrogens is 252 g/mol. The Morgan fingerprint density at radius 1 is 1.15 bits per heavy atom. The maximum absolute atomic E-state index is 12.0. The molecule has 0 bridgehead atoms. The average molecular weight is 266 g/mol. The molecule has 20 heavy (non-hydrogen) atoms. The van der Waals surface area contributed by atoms with E-state index in [0.29, 0.717) is 5.69 Å². The first-order chi connectivity index (χ1) is 9.61. The molecule has 1 aromatic carbocycles. The quantitative estimate of drug-likeness (QED) is 0.749. The Kier molecular flexibility index (Phi) is 2.95. The van der Waals surface area contributed by atoms with Crippen LogP contribution in [0.2, 0.25) is 0 Å². The topological polar surface area (TPSA) is 70.7 Å². The van der Waals surface area contributed by atoms with Crippen LogP contribution in [0.3, 0.4) is 0 Å². The molecule has 100 valence electrons. The summed E-state index contributed by atoms with van der Waals surface area (Å²) < 4.78 is 0. The van der Waals surface area contributed by atoms with Gasteiger partial charge < -0.3 is 10.3 Å². The van der Waals surface area contributed by atoms with Crippen LogP contribution in [-0.2, 0) is 0 Å². The van der Waals surface area contributed by atoms with Gasteiger partial charge in [0.2, 0.25) is 0 Å². The Balaban J connectivity index is 1.84. The highest BCUT2D eigenvalue weighted by Crippen LogP contribution is 2.20. The Morgan fingerprint density at radius 2 is 2.00 bits per heavy atom. The Bertz CT molecular complexity index is 774.